The number of aromatic nitrogens is 3. The van der Waals surface area contributed by atoms with Crippen LogP contribution in [0.2, 0.25) is 0 Å². The smallest absolute Gasteiger partial charge is 0.339 e. The maximum absolute atomic E-state index is 11.8. The number of methoxy groups -OCH3 is 1. The summed E-state index contributed by atoms with van der Waals surface area (Å²) in [6.07, 6.45) is 2.35. The van der Waals surface area contributed by atoms with Crippen molar-refractivity contribution in [3.8, 4) is 0 Å². The van der Waals surface area contributed by atoms with Crippen LogP contribution in [0.1, 0.15) is 15.9 Å². The predicted molar refractivity (Wildman–Crippen MR) is 99.5 cm³/mol. The highest BCUT2D eigenvalue weighted by molar-refractivity contribution is 5.96. The van der Waals surface area contributed by atoms with Crippen LogP contribution in [0.25, 0.3) is 0 Å². The molecule has 0 bridgehead atoms. The first-order valence-corrected chi connectivity index (χ1v) is 8.18. The summed E-state index contributed by atoms with van der Waals surface area (Å²) in [6.45, 7) is 0.688. The number of para-hydroxylation sites is 1. The number of benzene rings is 2. The van der Waals surface area contributed by atoms with Gasteiger partial charge in [-0.2, -0.15) is 10.1 Å². The molecule has 0 atom stereocenters. The van der Waals surface area contributed by atoms with Gasteiger partial charge in [-0.3, -0.25) is 0 Å². The molecule has 132 valence electrons. The first-order chi connectivity index (χ1) is 12.8. The average molecular weight is 349 g/mol. The fourth-order valence-corrected chi connectivity index (χ4v) is 2.42. The molecule has 2 aromatic carbocycles. The lowest BCUT2D eigenvalue weighted by Crippen LogP contribution is -2.10. The molecule has 0 spiro atoms. The summed E-state index contributed by atoms with van der Waals surface area (Å²) in [5, 5.41) is 14.2. The van der Waals surface area contributed by atoms with E-state index in [1.54, 1.807) is 18.2 Å². The Kier molecular flexibility index (Phi) is 5.72. The second-order valence-corrected chi connectivity index (χ2v) is 5.49. The summed E-state index contributed by atoms with van der Waals surface area (Å²) in [5.41, 5.74) is 2.25. The van der Waals surface area contributed by atoms with Crippen molar-refractivity contribution in [2.75, 3.05) is 24.3 Å². The number of carbonyl (C=O) groups is 1. The summed E-state index contributed by atoms with van der Waals surface area (Å²) < 4.78 is 4.79. The first kappa shape index (κ1) is 17.3. The van der Waals surface area contributed by atoms with E-state index in [2.05, 4.69) is 37.9 Å². The van der Waals surface area contributed by atoms with E-state index in [9.17, 15) is 4.79 Å². The van der Waals surface area contributed by atoms with Crippen LogP contribution < -0.4 is 10.6 Å². The SMILES string of the molecule is COC(=O)c1ccccc1Nc1cnnc(NCCc2ccccc2)n1. The number of rotatable bonds is 7. The van der Waals surface area contributed by atoms with Gasteiger partial charge in [0.1, 0.15) is 0 Å². The van der Waals surface area contributed by atoms with E-state index in [1.165, 1.54) is 18.9 Å². The fraction of sp³-hybridized carbons (Fsp3) is 0.158. The van der Waals surface area contributed by atoms with Crippen molar-refractivity contribution < 1.29 is 9.53 Å². The Labute approximate surface area is 151 Å². The largest absolute Gasteiger partial charge is 0.465 e. The van der Waals surface area contributed by atoms with E-state index < -0.39 is 5.97 Å². The second-order valence-electron chi connectivity index (χ2n) is 5.49. The fourth-order valence-electron chi connectivity index (χ4n) is 2.42. The van der Waals surface area contributed by atoms with Crippen LogP contribution >= 0.6 is 0 Å². The van der Waals surface area contributed by atoms with Crippen molar-refractivity contribution >= 4 is 23.4 Å². The maximum atomic E-state index is 11.8. The molecule has 3 aromatic rings. The zero-order chi connectivity index (χ0) is 18.2. The third-order valence-electron chi connectivity index (χ3n) is 3.69. The molecule has 7 nitrogen and oxygen atoms in total. The van der Waals surface area contributed by atoms with Gasteiger partial charge in [0, 0.05) is 6.54 Å². The van der Waals surface area contributed by atoms with Crippen molar-refractivity contribution in [3.63, 3.8) is 0 Å². The second kappa shape index (κ2) is 8.57. The summed E-state index contributed by atoms with van der Waals surface area (Å²) in [7, 11) is 1.35. The first-order valence-electron chi connectivity index (χ1n) is 8.18. The molecule has 0 saturated carbocycles. The molecule has 2 N–H and O–H groups in total. The van der Waals surface area contributed by atoms with Gasteiger partial charge in [-0.1, -0.05) is 42.5 Å². The third kappa shape index (κ3) is 4.54. The van der Waals surface area contributed by atoms with E-state index in [-0.39, 0.29) is 0 Å². The monoisotopic (exact) mass is 349 g/mol. The van der Waals surface area contributed by atoms with Gasteiger partial charge < -0.3 is 15.4 Å². The lowest BCUT2D eigenvalue weighted by atomic mass is 10.1. The van der Waals surface area contributed by atoms with Gasteiger partial charge in [-0.25, -0.2) is 4.79 Å². The van der Waals surface area contributed by atoms with Gasteiger partial charge in [-0.05, 0) is 24.1 Å². The highest BCUT2D eigenvalue weighted by atomic mass is 16.5. The number of carbonyl (C=O) groups excluding carboxylic acids is 1. The van der Waals surface area contributed by atoms with Crippen molar-refractivity contribution in [1.82, 2.24) is 15.2 Å². The van der Waals surface area contributed by atoms with Gasteiger partial charge in [0.05, 0.1) is 24.6 Å². The molecular weight excluding hydrogens is 330 g/mol. The number of anilines is 3. The zero-order valence-electron chi connectivity index (χ0n) is 14.3. The predicted octanol–water partition coefficient (Wildman–Crippen LogP) is 3.06. The van der Waals surface area contributed by atoms with Gasteiger partial charge in [0.15, 0.2) is 5.82 Å². The summed E-state index contributed by atoms with van der Waals surface area (Å²) in [6, 6.07) is 17.2. The zero-order valence-corrected chi connectivity index (χ0v) is 14.3. The molecule has 0 saturated heterocycles. The quantitative estimate of drug-likeness (QED) is 0.634. The van der Waals surface area contributed by atoms with E-state index >= 15 is 0 Å². The summed E-state index contributed by atoms with van der Waals surface area (Å²) >= 11 is 0. The molecule has 3 rings (SSSR count). The molecule has 0 aliphatic carbocycles. The minimum absolute atomic E-state index is 0.418. The lowest BCUT2D eigenvalue weighted by Gasteiger charge is -2.10. The Morgan fingerprint density at radius 1 is 1.08 bits per heavy atom. The van der Waals surface area contributed by atoms with Crippen molar-refractivity contribution in [1.29, 1.82) is 0 Å². The van der Waals surface area contributed by atoms with Gasteiger partial charge in [0.25, 0.3) is 0 Å². The molecule has 1 heterocycles. The average Bonchev–Trinajstić information content (AvgIpc) is 2.69. The third-order valence-corrected chi connectivity index (χ3v) is 3.69. The van der Waals surface area contributed by atoms with Gasteiger partial charge in [0.2, 0.25) is 5.95 Å². The van der Waals surface area contributed by atoms with Crippen LogP contribution in [0.15, 0.2) is 60.8 Å². The molecule has 0 amide bonds. The molecule has 0 radical (unpaired) electrons. The standard InChI is InChI=1S/C19H19N5O2/c1-26-18(25)15-9-5-6-10-16(15)22-17-13-21-24-19(23-17)20-12-11-14-7-3-2-4-8-14/h2-10,13H,11-12H2,1H3,(H2,20,22,23,24). The minimum atomic E-state index is -0.420. The maximum Gasteiger partial charge on any atom is 0.339 e. The summed E-state index contributed by atoms with van der Waals surface area (Å²) in [4.78, 5) is 16.2. The Balaban J connectivity index is 1.65. The van der Waals surface area contributed by atoms with Crippen LogP contribution in [0.5, 0.6) is 0 Å². The van der Waals surface area contributed by atoms with Crippen LogP contribution in [0, 0.1) is 0 Å². The van der Waals surface area contributed by atoms with Crippen LogP contribution in [0.4, 0.5) is 17.5 Å². The molecule has 0 unspecified atom stereocenters. The highest BCUT2D eigenvalue weighted by Gasteiger charge is 2.12. The number of hydrogen-bond donors (Lipinski definition) is 2. The Hall–Kier alpha value is -3.48. The molecule has 0 aliphatic rings. The number of hydrogen-bond acceptors (Lipinski definition) is 7. The number of esters is 1. The Morgan fingerprint density at radius 3 is 2.65 bits per heavy atom. The highest BCUT2D eigenvalue weighted by Crippen LogP contribution is 2.20. The number of ether oxygens (including phenoxy) is 1. The molecule has 7 heteroatoms. The minimum Gasteiger partial charge on any atom is -0.465 e. The van der Waals surface area contributed by atoms with Gasteiger partial charge in [-0.15, -0.1) is 5.10 Å². The molecule has 26 heavy (non-hydrogen) atoms. The van der Waals surface area contributed by atoms with E-state index in [4.69, 9.17) is 4.74 Å². The number of nitrogens with one attached hydrogen (secondary N) is 2. The normalized spacial score (nSPS) is 10.2. The molecule has 0 aliphatic heterocycles. The van der Waals surface area contributed by atoms with E-state index in [0.29, 0.717) is 29.6 Å². The van der Waals surface area contributed by atoms with Crippen LogP contribution in [0.3, 0.4) is 0 Å². The molecule has 0 fully saturated rings. The van der Waals surface area contributed by atoms with Gasteiger partial charge >= 0.3 is 5.97 Å². The lowest BCUT2D eigenvalue weighted by molar-refractivity contribution is 0.0602. The molecule has 1 aromatic heterocycles. The number of nitrogens with zero attached hydrogens (tertiary/aromatic N) is 3. The Bertz CT molecular complexity index is 871. The van der Waals surface area contributed by atoms with Crippen molar-refractivity contribution in [3.05, 3.63) is 71.9 Å². The Morgan fingerprint density at radius 2 is 1.85 bits per heavy atom. The topological polar surface area (TPSA) is 89.0 Å². The van der Waals surface area contributed by atoms with Crippen molar-refractivity contribution in [2.45, 2.75) is 6.42 Å². The summed E-state index contributed by atoms with van der Waals surface area (Å²) in [5.74, 6) is 0.483. The molecular formula is C19H19N5O2. The van der Waals surface area contributed by atoms with E-state index in [0.717, 1.165) is 6.42 Å². The van der Waals surface area contributed by atoms with Crippen LogP contribution in [-0.2, 0) is 11.2 Å². The van der Waals surface area contributed by atoms with Crippen LogP contribution in [-0.4, -0.2) is 34.8 Å². The van der Waals surface area contributed by atoms with E-state index in [1.807, 2.05) is 24.3 Å². The van der Waals surface area contributed by atoms with Crippen molar-refractivity contribution in [2.24, 2.45) is 0 Å².